The number of rotatable bonds is 2. The Morgan fingerprint density at radius 3 is 2.55 bits per heavy atom. The highest BCUT2D eigenvalue weighted by molar-refractivity contribution is 6.53. The number of amides is 2. The molecule has 106 valence electrons. The molecular formula is C14H15ClN2O3. The van der Waals surface area contributed by atoms with Crippen LogP contribution in [0.4, 0.5) is 5.69 Å². The predicted molar refractivity (Wildman–Crippen MR) is 76.0 cm³/mol. The van der Waals surface area contributed by atoms with Crippen molar-refractivity contribution in [2.75, 3.05) is 11.4 Å². The van der Waals surface area contributed by atoms with Crippen molar-refractivity contribution in [3.63, 3.8) is 0 Å². The van der Waals surface area contributed by atoms with Crippen molar-refractivity contribution >= 4 is 34.9 Å². The van der Waals surface area contributed by atoms with Crippen LogP contribution in [-0.4, -0.2) is 29.7 Å². The van der Waals surface area contributed by atoms with Gasteiger partial charge in [-0.2, -0.15) is 0 Å². The van der Waals surface area contributed by atoms with Gasteiger partial charge in [0.25, 0.3) is 11.7 Å². The van der Waals surface area contributed by atoms with Crippen LogP contribution in [0.15, 0.2) is 18.2 Å². The third-order valence-corrected chi connectivity index (χ3v) is 2.99. The fourth-order valence-electron chi connectivity index (χ4n) is 2.03. The number of carbonyl (C=O) groups excluding carboxylic acids is 3. The minimum atomic E-state index is -0.702. The van der Waals surface area contributed by atoms with Crippen molar-refractivity contribution in [1.82, 2.24) is 5.32 Å². The Labute approximate surface area is 121 Å². The van der Waals surface area contributed by atoms with Gasteiger partial charge in [0.15, 0.2) is 0 Å². The van der Waals surface area contributed by atoms with E-state index in [0.29, 0.717) is 10.7 Å². The van der Waals surface area contributed by atoms with E-state index in [-0.39, 0.29) is 18.0 Å². The summed E-state index contributed by atoms with van der Waals surface area (Å²) in [6.45, 7) is 5.32. The molecule has 0 atom stereocenters. The summed E-state index contributed by atoms with van der Waals surface area (Å²) in [5.74, 6) is -1.64. The van der Waals surface area contributed by atoms with E-state index in [1.54, 1.807) is 6.07 Å². The molecule has 0 fully saturated rings. The number of fused-ring (bicyclic) bond motifs is 1. The van der Waals surface area contributed by atoms with Gasteiger partial charge in [-0.25, -0.2) is 0 Å². The number of nitrogens with one attached hydrogen (secondary N) is 1. The summed E-state index contributed by atoms with van der Waals surface area (Å²) < 4.78 is 0. The minimum absolute atomic E-state index is 0.199. The topological polar surface area (TPSA) is 66.5 Å². The molecular weight excluding hydrogens is 280 g/mol. The zero-order valence-corrected chi connectivity index (χ0v) is 12.2. The van der Waals surface area contributed by atoms with E-state index >= 15 is 0 Å². The highest BCUT2D eigenvalue weighted by Crippen LogP contribution is 2.31. The van der Waals surface area contributed by atoms with Crippen molar-refractivity contribution in [2.24, 2.45) is 0 Å². The van der Waals surface area contributed by atoms with Gasteiger partial charge in [-0.1, -0.05) is 11.6 Å². The van der Waals surface area contributed by atoms with Gasteiger partial charge in [0.1, 0.15) is 6.54 Å². The van der Waals surface area contributed by atoms with Crippen LogP contribution in [0.1, 0.15) is 31.1 Å². The molecule has 0 aromatic heterocycles. The number of hydrogen-bond donors (Lipinski definition) is 1. The second kappa shape index (κ2) is 4.90. The maximum atomic E-state index is 11.9. The number of ketones is 1. The lowest BCUT2D eigenvalue weighted by Crippen LogP contribution is -2.47. The monoisotopic (exact) mass is 294 g/mol. The second-order valence-corrected chi connectivity index (χ2v) is 6.12. The summed E-state index contributed by atoms with van der Waals surface area (Å²) in [6, 6.07) is 4.56. The maximum Gasteiger partial charge on any atom is 0.299 e. The molecule has 2 rings (SSSR count). The van der Waals surface area contributed by atoms with Crippen molar-refractivity contribution in [2.45, 2.75) is 26.3 Å². The normalized spacial score (nSPS) is 14.5. The quantitative estimate of drug-likeness (QED) is 0.846. The molecule has 1 aromatic carbocycles. The first-order chi connectivity index (χ1) is 9.19. The highest BCUT2D eigenvalue weighted by Gasteiger charge is 2.37. The third-order valence-electron chi connectivity index (χ3n) is 2.75. The van der Waals surface area contributed by atoms with Gasteiger partial charge < -0.3 is 5.32 Å². The maximum absolute atomic E-state index is 11.9. The fraction of sp³-hybridized carbons (Fsp3) is 0.357. The summed E-state index contributed by atoms with van der Waals surface area (Å²) in [5, 5.41) is 3.16. The number of anilines is 1. The Kier molecular flexibility index (Phi) is 3.56. The summed E-state index contributed by atoms with van der Waals surface area (Å²) in [7, 11) is 0. The van der Waals surface area contributed by atoms with Crippen LogP contribution >= 0.6 is 11.6 Å². The first kappa shape index (κ1) is 14.5. The summed E-state index contributed by atoms with van der Waals surface area (Å²) >= 11 is 5.88. The molecule has 0 saturated carbocycles. The smallest absolute Gasteiger partial charge is 0.299 e. The lowest BCUT2D eigenvalue weighted by Gasteiger charge is -2.23. The standard InChI is InChI=1S/C14H15ClN2O3/c1-14(2,3)16-11(18)7-17-10-6-8(15)4-5-9(10)12(19)13(17)20/h4-6H,7H2,1-3H3,(H,16,18). The van der Waals surface area contributed by atoms with E-state index in [4.69, 9.17) is 11.6 Å². The van der Waals surface area contributed by atoms with Crippen LogP contribution in [-0.2, 0) is 9.59 Å². The number of benzene rings is 1. The van der Waals surface area contributed by atoms with E-state index in [1.165, 1.54) is 12.1 Å². The Morgan fingerprint density at radius 1 is 1.30 bits per heavy atom. The molecule has 1 N–H and O–H groups in total. The van der Waals surface area contributed by atoms with Gasteiger partial charge in [-0.15, -0.1) is 0 Å². The van der Waals surface area contributed by atoms with Crippen molar-refractivity contribution in [3.8, 4) is 0 Å². The van der Waals surface area contributed by atoms with Crippen molar-refractivity contribution in [1.29, 1.82) is 0 Å². The number of Topliss-reactive ketones (excluding diaryl/α,β-unsaturated/α-hetero) is 1. The first-order valence-electron chi connectivity index (χ1n) is 6.16. The minimum Gasteiger partial charge on any atom is -0.350 e. The molecule has 1 aliphatic heterocycles. The lowest BCUT2D eigenvalue weighted by atomic mass is 10.1. The number of nitrogens with zero attached hydrogens (tertiary/aromatic N) is 1. The molecule has 1 aromatic rings. The van der Waals surface area contributed by atoms with Gasteiger partial charge in [0.2, 0.25) is 5.91 Å². The molecule has 2 amide bonds. The highest BCUT2D eigenvalue weighted by atomic mass is 35.5. The van der Waals surface area contributed by atoms with Crippen molar-refractivity contribution < 1.29 is 14.4 Å². The average Bonchev–Trinajstić information content (AvgIpc) is 2.52. The summed E-state index contributed by atoms with van der Waals surface area (Å²) in [4.78, 5) is 36.8. The van der Waals surface area contributed by atoms with E-state index in [1.807, 2.05) is 20.8 Å². The molecule has 20 heavy (non-hydrogen) atoms. The van der Waals surface area contributed by atoms with Crippen LogP contribution < -0.4 is 10.2 Å². The Hall–Kier alpha value is -1.88. The van der Waals surface area contributed by atoms with E-state index in [2.05, 4.69) is 5.32 Å². The van der Waals surface area contributed by atoms with E-state index in [0.717, 1.165) is 4.90 Å². The number of halogens is 1. The fourth-order valence-corrected chi connectivity index (χ4v) is 2.19. The van der Waals surface area contributed by atoms with Crippen LogP contribution in [0.25, 0.3) is 0 Å². The van der Waals surface area contributed by atoms with Crippen LogP contribution in [0.2, 0.25) is 5.02 Å². The molecule has 0 aliphatic carbocycles. The molecule has 6 heteroatoms. The zero-order valence-electron chi connectivity index (χ0n) is 11.5. The summed E-state index contributed by atoms with van der Waals surface area (Å²) in [5.41, 5.74) is 0.264. The summed E-state index contributed by atoms with van der Waals surface area (Å²) in [6.07, 6.45) is 0. The van der Waals surface area contributed by atoms with Crippen molar-refractivity contribution in [3.05, 3.63) is 28.8 Å². The largest absolute Gasteiger partial charge is 0.350 e. The molecule has 0 radical (unpaired) electrons. The molecule has 0 bridgehead atoms. The number of carbonyl (C=O) groups is 3. The average molecular weight is 295 g/mol. The zero-order chi connectivity index (χ0) is 15.1. The predicted octanol–water partition coefficient (Wildman–Crippen LogP) is 1.78. The Morgan fingerprint density at radius 2 is 1.95 bits per heavy atom. The van der Waals surface area contributed by atoms with Gasteiger partial charge >= 0.3 is 0 Å². The number of hydrogen-bond acceptors (Lipinski definition) is 3. The Balaban J connectivity index is 2.26. The van der Waals surface area contributed by atoms with Gasteiger partial charge in [-0.05, 0) is 39.0 Å². The molecule has 0 spiro atoms. The third kappa shape index (κ3) is 2.82. The molecule has 1 heterocycles. The van der Waals surface area contributed by atoms with Gasteiger partial charge in [-0.3, -0.25) is 19.3 Å². The first-order valence-corrected chi connectivity index (χ1v) is 6.53. The van der Waals surface area contributed by atoms with Gasteiger partial charge in [0.05, 0.1) is 11.3 Å². The van der Waals surface area contributed by atoms with E-state index < -0.39 is 17.2 Å². The van der Waals surface area contributed by atoms with Crippen LogP contribution in [0.5, 0.6) is 0 Å². The molecule has 1 aliphatic rings. The molecule has 0 unspecified atom stereocenters. The van der Waals surface area contributed by atoms with Crippen LogP contribution in [0, 0.1) is 0 Å². The Bertz CT molecular complexity index is 605. The SMILES string of the molecule is CC(C)(C)NC(=O)CN1C(=O)C(=O)c2ccc(Cl)cc21. The van der Waals surface area contributed by atoms with Gasteiger partial charge in [0, 0.05) is 10.6 Å². The van der Waals surface area contributed by atoms with E-state index in [9.17, 15) is 14.4 Å². The molecule has 0 saturated heterocycles. The molecule has 5 nitrogen and oxygen atoms in total. The second-order valence-electron chi connectivity index (χ2n) is 5.68. The lowest BCUT2D eigenvalue weighted by molar-refractivity contribution is -0.123. The van der Waals surface area contributed by atoms with Crippen LogP contribution in [0.3, 0.4) is 0 Å².